The Kier molecular flexibility index (Phi) is 8.16. The highest BCUT2D eigenvalue weighted by molar-refractivity contribution is 6.01. The first kappa shape index (κ1) is 31.9. The molecule has 0 fully saturated rings. The van der Waals surface area contributed by atoms with Gasteiger partial charge in [-0.1, -0.05) is 36.4 Å². The number of hydrogen-bond acceptors (Lipinski definition) is 2. The third-order valence-electron chi connectivity index (χ3n) is 7.50. The van der Waals surface area contributed by atoms with Crippen molar-refractivity contribution in [3.8, 4) is 22.3 Å². The van der Waals surface area contributed by atoms with Crippen molar-refractivity contribution in [1.82, 2.24) is 9.13 Å². The van der Waals surface area contributed by atoms with Crippen molar-refractivity contribution in [2.75, 3.05) is 0 Å². The summed E-state index contributed by atoms with van der Waals surface area (Å²) in [5.74, 6) is -2.07. The summed E-state index contributed by atoms with van der Waals surface area (Å²) in [6, 6.07) is 19.3. The maximum atomic E-state index is 12.9. The molecular weight excluding hydrogens is 614 g/mol. The van der Waals surface area contributed by atoms with Crippen LogP contribution in [0.25, 0.3) is 44.1 Å². The average molecular weight is 639 g/mol. The standard InChI is InChI=1S/2C17H12F3NO2/c1-21-9-14(10-2-5-12(6-3-10)17(18,19)20)13-7-4-11(16(22)23)8-15(13)21;1-21-9-14(10-3-2-4-12(7-10)17(18,19)20)13-6-5-11(16(22)23)8-15(13)21/h2*2-9H,1H3,(H,22,23). The molecule has 6 rings (SSSR count). The molecule has 6 nitrogen and oxygen atoms in total. The number of aryl methyl sites for hydroxylation is 2. The Morgan fingerprint density at radius 2 is 1.02 bits per heavy atom. The van der Waals surface area contributed by atoms with Gasteiger partial charge in [0.05, 0.1) is 22.3 Å². The van der Waals surface area contributed by atoms with E-state index in [2.05, 4.69) is 0 Å². The summed E-state index contributed by atoms with van der Waals surface area (Å²) in [6.45, 7) is 0. The molecule has 0 atom stereocenters. The number of carboxylic acid groups (broad SMARTS) is 2. The van der Waals surface area contributed by atoms with Gasteiger partial charge < -0.3 is 19.3 Å². The Hall–Kier alpha value is -5.52. The van der Waals surface area contributed by atoms with Gasteiger partial charge in [-0.05, 0) is 59.7 Å². The fraction of sp³-hybridized carbons (Fsp3) is 0.118. The summed E-state index contributed by atoms with van der Waals surface area (Å²) >= 11 is 0. The molecule has 0 spiro atoms. The van der Waals surface area contributed by atoms with E-state index in [1.165, 1.54) is 36.4 Å². The predicted molar refractivity (Wildman–Crippen MR) is 161 cm³/mol. The van der Waals surface area contributed by atoms with Crippen LogP contribution in [0.5, 0.6) is 0 Å². The molecule has 6 aromatic rings. The van der Waals surface area contributed by atoms with E-state index in [0.717, 1.165) is 35.2 Å². The van der Waals surface area contributed by atoms with Gasteiger partial charge in [0.1, 0.15) is 0 Å². The molecule has 0 bridgehead atoms. The van der Waals surface area contributed by atoms with Gasteiger partial charge in [0.25, 0.3) is 0 Å². The topological polar surface area (TPSA) is 84.5 Å². The summed E-state index contributed by atoms with van der Waals surface area (Å²) in [5.41, 5.74) is 2.71. The Labute approximate surface area is 257 Å². The number of alkyl halides is 6. The van der Waals surface area contributed by atoms with Gasteiger partial charge in [-0.2, -0.15) is 26.3 Å². The van der Waals surface area contributed by atoms with Crippen LogP contribution in [0.3, 0.4) is 0 Å². The molecule has 0 radical (unpaired) electrons. The van der Waals surface area contributed by atoms with E-state index in [1.54, 1.807) is 59.9 Å². The molecule has 4 aromatic carbocycles. The number of carboxylic acids is 2. The zero-order valence-electron chi connectivity index (χ0n) is 24.1. The SMILES string of the molecule is Cn1cc(-c2ccc(C(F)(F)F)cc2)c2ccc(C(=O)O)cc21.Cn1cc(-c2cccc(C(F)(F)F)c2)c2ccc(C(=O)O)cc21. The number of aromatic carboxylic acids is 2. The summed E-state index contributed by atoms with van der Waals surface area (Å²) in [5, 5.41) is 19.6. The fourth-order valence-corrected chi connectivity index (χ4v) is 5.20. The number of fused-ring (bicyclic) bond motifs is 2. The normalized spacial score (nSPS) is 11.8. The highest BCUT2D eigenvalue weighted by Gasteiger charge is 2.31. The van der Waals surface area contributed by atoms with Crippen LogP contribution in [-0.4, -0.2) is 31.3 Å². The lowest BCUT2D eigenvalue weighted by Gasteiger charge is -2.08. The highest BCUT2D eigenvalue weighted by atomic mass is 19.4. The average Bonchev–Trinajstić information content (AvgIpc) is 3.52. The molecule has 0 aliphatic heterocycles. The third kappa shape index (κ3) is 6.32. The second-order valence-corrected chi connectivity index (χ2v) is 10.5. The summed E-state index contributed by atoms with van der Waals surface area (Å²) < 4.78 is 80.0. The van der Waals surface area contributed by atoms with Crippen molar-refractivity contribution in [1.29, 1.82) is 0 Å². The minimum Gasteiger partial charge on any atom is -0.478 e. The summed E-state index contributed by atoms with van der Waals surface area (Å²) in [6.07, 6.45) is -5.30. The zero-order valence-corrected chi connectivity index (χ0v) is 24.1. The first-order chi connectivity index (χ1) is 21.5. The van der Waals surface area contributed by atoms with Gasteiger partial charge >= 0.3 is 24.3 Å². The molecule has 46 heavy (non-hydrogen) atoms. The molecule has 2 N–H and O–H groups in total. The van der Waals surface area contributed by atoms with Crippen molar-refractivity contribution < 1.29 is 46.1 Å². The Morgan fingerprint density at radius 1 is 0.565 bits per heavy atom. The first-order valence-electron chi connectivity index (χ1n) is 13.5. The first-order valence-corrected chi connectivity index (χ1v) is 13.5. The van der Waals surface area contributed by atoms with E-state index >= 15 is 0 Å². The maximum Gasteiger partial charge on any atom is 0.416 e. The van der Waals surface area contributed by atoms with Crippen molar-refractivity contribution in [2.45, 2.75) is 12.4 Å². The van der Waals surface area contributed by atoms with Crippen LogP contribution in [0.15, 0.2) is 97.3 Å². The van der Waals surface area contributed by atoms with Gasteiger partial charge in [0.2, 0.25) is 0 Å². The van der Waals surface area contributed by atoms with E-state index in [-0.39, 0.29) is 11.1 Å². The van der Waals surface area contributed by atoms with Crippen molar-refractivity contribution >= 4 is 33.7 Å². The van der Waals surface area contributed by atoms with Gasteiger partial charge in [-0.15, -0.1) is 0 Å². The van der Waals surface area contributed by atoms with Crippen LogP contribution in [0.2, 0.25) is 0 Å². The smallest absolute Gasteiger partial charge is 0.416 e. The molecule has 0 amide bonds. The molecule has 0 unspecified atom stereocenters. The number of halogens is 6. The highest BCUT2D eigenvalue weighted by Crippen LogP contribution is 2.36. The number of nitrogens with zero attached hydrogens (tertiary/aromatic N) is 2. The summed E-state index contributed by atoms with van der Waals surface area (Å²) in [7, 11) is 3.49. The van der Waals surface area contributed by atoms with Crippen molar-refractivity contribution in [3.63, 3.8) is 0 Å². The van der Waals surface area contributed by atoms with Crippen molar-refractivity contribution in [3.05, 3.63) is 120 Å². The van der Waals surface area contributed by atoms with Crippen LogP contribution in [0.1, 0.15) is 31.8 Å². The number of benzene rings is 4. The Balaban J connectivity index is 0.000000181. The van der Waals surface area contributed by atoms with E-state index in [4.69, 9.17) is 10.2 Å². The molecule has 0 aliphatic rings. The molecule has 0 aliphatic carbocycles. The summed E-state index contributed by atoms with van der Waals surface area (Å²) in [4.78, 5) is 22.1. The predicted octanol–water partition coefficient (Wildman–Crippen LogP) is 9.12. The molecule has 0 saturated heterocycles. The van der Waals surface area contributed by atoms with Crippen molar-refractivity contribution in [2.24, 2.45) is 14.1 Å². The van der Waals surface area contributed by atoms with Crippen LogP contribution >= 0.6 is 0 Å². The van der Waals surface area contributed by atoms with Crippen LogP contribution in [0, 0.1) is 0 Å². The lowest BCUT2D eigenvalue weighted by molar-refractivity contribution is -0.138. The lowest BCUT2D eigenvalue weighted by Crippen LogP contribution is -2.04. The Morgan fingerprint density at radius 3 is 1.46 bits per heavy atom. The third-order valence-corrected chi connectivity index (χ3v) is 7.50. The number of aromatic nitrogens is 2. The Bertz CT molecular complexity index is 2110. The van der Waals surface area contributed by atoms with E-state index in [9.17, 15) is 35.9 Å². The molecule has 236 valence electrons. The monoisotopic (exact) mass is 638 g/mol. The van der Waals surface area contributed by atoms with Gasteiger partial charge in [0.15, 0.2) is 0 Å². The van der Waals surface area contributed by atoms with Gasteiger partial charge in [0, 0.05) is 59.4 Å². The molecule has 12 heteroatoms. The molecule has 0 saturated carbocycles. The van der Waals surface area contributed by atoms with E-state index in [1.807, 2.05) is 0 Å². The van der Waals surface area contributed by atoms with Gasteiger partial charge in [-0.3, -0.25) is 0 Å². The minimum atomic E-state index is -4.41. The number of rotatable bonds is 4. The second kappa shape index (κ2) is 11.8. The molecule has 2 aromatic heterocycles. The lowest BCUT2D eigenvalue weighted by atomic mass is 10.0. The van der Waals surface area contributed by atoms with Crippen LogP contribution in [-0.2, 0) is 26.4 Å². The minimum absolute atomic E-state index is 0.134. The maximum absolute atomic E-state index is 12.9. The fourth-order valence-electron chi connectivity index (χ4n) is 5.20. The van der Waals surface area contributed by atoms with Crippen LogP contribution < -0.4 is 0 Å². The van der Waals surface area contributed by atoms with E-state index in [0.29, 0.717) is 33.1 Å². The van der Waals surface area contributed by atoms with Crippen LogP contribution in [0.4, 0.5) is 26.3 Å². The quantitative estimate of drug-likeness (QED) is 0.189. The van der Waals surface area contributed by atoms with E-state index < -0.39 is 35.4 Å². The zero-order chi connectivity index (χ0) is 33.6. The second-order valence-electron chi connectivity index (χ2n) is 10.5. The molecule has 2 heterocycles. The van der Waals surface area contributed by atoms with Gasteiger partial charge in [-0.25, -0.2) is 9.59 Å². The number of hydrogen-bond donors (Lipinski definition) is 2. The largest absolute Gasteiger partial charge is 0.478 e. The number of carbonyl (C=O) groups is 2. The molecular formula is C34H24F6N2O4.